The number of alkyl halides is 3. The van der Waals surface area contributed by atoms with E-state index in [1.54, 1.807) is 26.0 Å². The standard InChI is InChI=1S/C22H22F3N3O2/c1-5-19(29)27-26-14(4)20-17-7-6-15(22(23,24)25)11-18(17)28(21(20)30)16-9-12(2)8-13(3)10-16/h6-11,26H,5H2,1-4H3,(H,27,29)/b20-14-. The molecule has 5 nitrogen and oxygen atoms in total. The molecule has 2 N–H and O–H groups in total. The van der Waals surface area contributed by atoms with E-state index >= 15 is 0 Å². The van der Waals surface area contributed by atoms with E-state index < -0.39 is 17.6 Å². The molecule has 3 rings (SSSR count). The molecule has 1 heterocycles. The van der Waals surface area contributed by atoms with Gasteiger partial charge in [0.2, 0.25) is 5.91 Å². The molecule has 0 bridgehead atoms. The van der Waals surface area contributed by atoms with Gasteiger partial charge in [0.1, 0.15) is 0 Å². The number of nitrogens with one attached hydrogen (secondary N) is 2. The number of halogens is 3. The predicted molar refractivity (Wildman–Crippen MR) is 109 cm³/mol. The zero-order valence-corrected chi connectivity index (χ0v) is 17.1. The second-order valence-electron chi connectivity index (χ2n) is 7.24. The van der Waals surface area contributed by atoms with Crippen LogP contribution in [0.25, 0.3) is 5.57 Å². The van der Waals surface area contributed by atoms with Crippen molar-refractivity contribution in [1.29, 1.82) is 0 Å². The maximum absolute atomic E-state index is 13.3. The quantitative estimate of drug-likeness (QED) is 0.557. The highest BCUT2D eigenvalue weighted by Gasteiger charge is 2.39. The molecule has 0 saturated carbocycles. The number of carbonyl (C=O) groups is 2. The fourth-order valence-electron chi connectivity index (χ4n) is 3.45. The minimum atomic E-state index is -4.54. The fraction of sp³-hybridized carbons (Fsp3) is 0.273. The van der Waals surface area contributed by atoms with Crippen molar-refractivity contribution in [2.24, 2.45) is 0 Å². The summed E-state index contributed by atoms with van der Waals surface area (Å²) in [4.78, 5) is 26.2. The van der Waals surface area contributed by atoms with Gasteiger partial charge in [0.25, 0.3) is 5.91 Å². The molecule has 0 aliphatic carbocycles. The van der Waals surface area contributed by atoms with Crippen molar-refractivity contribution < 1.29 is 22.8 Å². The summed E-state index contributed by atoms with van der Waals surface area (Å²) in [5.74, 6) is -0.746. The first-order valence-electron chi connectivity index (χ1n) is 9.43. The van der Waals surface area contributed by atoms with E-state index in [1.165, 1.54) is 11.0 Å². The first-order valence-corrected chi connectivity index (χ1v) is 9.43. The summed E-state index contributed by atoms with van der Waals surface area (Å²) in [6.45, 7) is 6.98. The first-order chi connectivity index (χ1) is 14.0. The van der Waals surface area contributed by atoms with Crippen molar-refractivity contribution in [3.05, 3.63) is 64.3 Å². The Balaban J connectivity index is 2.18. The highest BCUT2D eigenvalue weighted by Crippen LogP contribution is 2.45. The van der Waals surface area contributed by atoms with Crippen molar-refractivity contribution in [2.75, 3.05) is 4.90 Å². The number of nitrogens with zero attached hydrogens (tertiary/aromatic N) is 1. The summed E-state index contributed by atoms with van der Waals surface area (Å²) in [6, 6.07) is 8.64. The monoisotopic (exact) mass is 417 g/mol. The van der Waals surface area contributed by atoms with Crippen LogP contribution in [0.4, 0.5) is 24.5 Å². The number of aryl methyl sites for hydroxylation is 2. The van der Waals surface area contributed by atoms with Crippen LogP contribution in [0.15, 0.2) is 42.1 Å². The maximum Gasteiger partial charge on any atom is 0.416 e. The Morgan fingerprint density at radius 2 is 1.67 bits per heavy atom. The van der Waals surface area contributed by atoms with Crippen LogP contribution in [-0.2, 0) is 15.8 Å². The number of allylic oxidation sites excluding steroid dienone is 1. The lowest BCUT2D eigenvalue weighted by molar-refractivity contribution is -0.137. The lowest BCUT2D eigenvalue weighted by atomic mass is 10.0. The van der Waals surface area contributed by atoms with Crippen molar-refractivity contribution in [3.63, 3.8) is 0 Å². The minimum Gasteiger partial charge on any atom is -0.302 e. The average molecular weight is 417 g/mol. The number of carbonyl (C=O) groups excluding carboxylic acids is 2. The van der Waals surface area contributed by atoms with Crippen LogP contribution in [0, 0.1) is 13.8 Å². The molecule has 1 aliphatic rings. The molecule has 2 aromatic carbocycles. The summed E-state index contributed by atoms with van der Waals surface area (Å²) < 4.78 is 40.0. The molecule has 0 aromatic heterocycles. The third kappa shape index (κ3) is 4.03. The Kier molecular flexibility index (Phi) is 5.61. The molecule has 8 heteroatoms. The van der Waals surface area contributed by atoms with Gasteiger partial charge in [-0.2, -0.15) is 13.2 Å². The molecule has 2 aromatic rings. The zero-order chi connectivity index (χ0) is 22.2. The lowest BCUT2D eigenvalue weighted by Crippen LogP contribution is -2.36. The Morgan fingerprint density at radius 3 is 2.23 bits per heavy atom. The van der Waals surface area contributed by atoms with Gasteiger partial charge in [0.15, 0.2) is 0 Å². The van der Waals surface area contributed by atoms with Crippen molar-refractivity contribution in [2.45, 2.75) is 40.3 Å². The number of fused-ring (bicyclic) bond motifs is 1. The molecule has 0 spiro atoms. The van der Waals surface area contributed by atoms with Crippen LogP contribution in [0.5, 0.6) is 0 Å². The van der Waals surface area contributed by atoms with E-state index in [4.69, 9.17) is 0 Å². The van der Waals surface area contributed by atoms with E-state index in [0.717, 1.165) is 23.3 Å². The normalized spacial score (nSPS) is 15.2. The summed E-state index contributed by atoms with van der Waals surface area (Å²) in [7, 11) is 0. The number of hydrogen-bond acceptors (Lipinski definition) is 3. The third-order valence-electron chi connectivity index (χ3n) is 4.80. The van der Waals surface area contributed by atoms with Gasteiger partial charge in [-0.1, -0.05) is 19.1 Å². The number of anilines is 2. The van der Waals surface area contributed by atoms with Crippen LogP contribution in [0.1, 0.15) is 42.5 Å². The number of hydrazine groups is 1. The van der Waals surface area contributed by atoms with E-state index in [1.807, 2.05) is 19.9 Å². The van der Waals surface area contributed by atoms with Gasteiger partial charge in [0.05, 0.1) is 16.8 Å². The highest BCUT2D eigenvalue weighted by molar-refractivity contribution is 6.35. The van der Waals surface area contributed by atoms with Crippen LogP contribution >= 0.6 is 0 Å². The van der Waals surface area contributed by atoms with E-state index in [9.17, 15) is 22.8 Å². The Labute approximate surface area is 172 Å². The molecule has 2 amide bonds. The Bertz CT molecular complexity index is 1040. The van der Waals surface area contributed by atoms with Crippen molar-refractivity contribution in [1.82, 2.24) is 10.9 Å². The fourth-order valence-corrected chi connectivity index (χ4v) is 3.45. The van der Waals surface area contributed by atoms with E-state index in [2.05, 4.69) is 10.9 Å². The zero-order valence-electron chi connectivity index (χ0n) is 17.1. The number of amides is 2. The molecule has 0 saturated heterocycles. The van der Waals surface area contributed by atoms with Crippen LogP contribution in [-0.4, -0.2) is 11.8 Å². The van der Waals surface area contributed by atoms with Gasteiger partial charge in [0, 0.05) is 23.4 Å². The molecule has 0 radical (unpaired) electrons. The Morgan fingerprint density at radius 1 is 1.03 bits per heavy atom. The topological polar surface area (TPSA) is 61.4 Å². The minimum absolute atomic E-state index is 0.151. The second-order valence-corrected chi connectivity index (χ2v) is 7.24. The van der Waals surface area contributed by atoms with Crippen LogP contribution in [0.3, 0.4) is 0 Å². The van der Waals surface area contributed by atoms with Gasteiger partial charge in [-0.15, -0.1) is 0 Å². The summed E-state index contributed by atoms with van der Waals surface area (Å²) in [5.41, 5.74) is 7.64. The molecule has 30 heavy (non-hydrogen) atoms. The van der Waals surface area contributed by atoms with Crippen LogP contribution in [0.2, 0.25) is 0 Å². The summed E-state index contributed by atoms with van der Waals surface area (Å²) in [6.07, 6.45) is -4.30. The van der Waals surface area contributed by atoms with E-state index in [0.29, 0.717) is 16.9 Å². The molecular weight excluding hydrogens is 395 g/mol. The maximum atomic E-state index is 13.3. The van der Waals surface area contributed by atoms with E-state index in [-0.39, 0.29) is 23.6 Å². The van der Waals surface area contributed by atoms with Gasteiger partial charge < -0.3 is 5.43 Å². The highest BCUT2D eigenvalue weighted by atomic mass is 19.4. The first kappa shape index (κ1) is 21.4. The molecule has 1 aliphatic heterocycles. The summed E-state index contributed by atoms with van der Waals surface area (Å²) >= 11 is 0. The van der Waals surface area contributed by atoms with Crippen molar-refractivity contribution >= 4 is 28.8 Å². The molecule has 0 fully saturated rings. The number of rotatable bonds is 4. The largest absolute Gasteiger partial charge is 0.416 e. The molecule has 158 valence electrons. The second kappa shape index (κ2) is 7.85. The SMILES string of the molecule is CCC(=O)NN/C(C)=C1\C(=O)N(c2cc(C)cc(C)c2)c2cc(C(F)(F)F)ccc21. The van der Waals surface area contributed by atoms with Gasteiger partial charge in [-0.25, -0.2) is 0 Å². The molecule has 0 atom stereocenters. The lowest BCUT2D eigenvalue weighted by Gasteiger charge is -2.20. The smallest absolute Gasteiger partial charge is 0.302 e. The number of hydrogen-bond donors (Lipinski definition) is 2. The Hall–Kier alpha value is -3.29. The van der Waals surface area contributed by atoms with Gasteiger partial charge in [-0.3, -0.25) is 19.9 Å². The van der Waals surface area contributed by atoms with Crippen LogP contribution < -0.4 is 15.8 Å². The van der Waals surface area contributed by atoms with Gasteiger partial charge >= 0.3 is 6.18 Å². The molecule has 0 unspecified atom stereocenters. The third-order valence-corrected chi connectivity index (χ3v) is 4.80. The van der Waals surface area contributed by atoms with Gasteiger partial charge in [-0.05, 0) is 56.2 Å². The van der Waals surface area contributed by atoms with Crippen molar-refractivity contribution in [3.8, 4) is 0 Å². The summed E-state index contributed by atoms with van der Waals surface area (Å²) in [5, 5.41) is 0. The predicted octanol–water partition coefficient (Wildman–Crippen LogP) is 4.76. The number of benzene rings is 2. The molecular formula is C22H22F3N3O2. The average Bonchev–Trinajstić information content (AvgIpc) is 2.95.